The van der Waals surface area contributed by atoms with Crippen molar-refractivity contribution < 1.29 is 9.90 Å². The summed E-state index contributed by atoms with van der Waals surface area (Å²) in [6, 6.07) is 11.7. The fourth-order valence-electron chi connectivity index (χ4n) is 2.82. The molecule has 1 atom stereocenters. The first-order valence-electron chi connectivity index (χ1n) is 7.56. The van der Waals surface area contributed by atoms with Gasteiger partial charge in [0, 0.05) is 29.2 Å². The number of nitrogens with zero attached hydrogens (tertiary/aromatic N) is 1. The van der Waals surface area contributed by atoms with E-state index in [1.54, 1.807) is 16.2 Å². The quantitative estimate of drug-likeness (QED) is 0.892. The molecule has 0 spiro atoms. The molecule has 0 saturated carbocycles. The maximum atomic E-state index is 12.6. The van der Waals surface area contributed by atoms with Crippen molar-refractivity contribution in [2.45, 2.75) is 25.4 Å². The Balaban J connectivity index is 1.69. The zero-order valence-corrected chi connectivity index (χ0v) is 13.2. The summed E-state index contributed by atoms with van der Waals surface area (Å²) in [5.74, 6) is 0.0105. The number of likely N-dealkylation sites (tertiary alicyclic amines) is 1. The summed E-state index contributed by atoms with van der Waals surface area (Å²) in [5.41, 5.74) is 1.62. The minimum atomic E-state index is -0.0322. The number of benzene rings is 1. The molecule has 1 saturated heterocycles. The maximum Gasteiger partial charge on any atom is 0.254 e. The van der Waals surface area contributed by atoms with Crippen molar-refractivity contribution in [2.24, 2.45) is 0 Å². The number of nitrogens with one attached hydrogen (secondary N) is 1. The van der Waals surface area contributed by atoms with E-state index in [1.165, 1.54) is 4.88 Å². The van der Waals surface area contributed by atoms with Gasteiger partial charge in [0.2, 0.25) is 0 Å². The van der Waals surface area contributed by atoms with Crippen LogP contribution in [0.5, 0.6) is 0 Å². The van der Waals surface area contributed by atoms with Crippen LogP contribution in [0.3, 0.4) is 0 Å². The predicted octanol–water partition coefficient (Wildman–Crippen LogP) is 2.96. The van der Waals surface area contributed by atoms with Crippen LogP contribution in [-0.4, -0.2) is 35.1 Å². The number of aliphatic hydroxyl groups excluding tert-OH is 1. The van der Waals surface area contributed by atoms with Crippen LogP contribution in [0.4, 0.5) is 5.69 Å². The SMILES string of the molecule is O=C(c1cccc(NCc2cccs2)c1)N1CCC[C@H]1CO. The lowest BCUT2D eigenvalue weighted by atomic mass is 10.1. The number of hydrogen-bond donors (Lipinski definition) is 2. The number of thiophene rings is 1. The molecule has 0 unspecified atom stereocenters. The first-order chi connectivity index (χ1) is 10.8. The van der Waals surface area contributed by atoms with Crippen molar-refractivity contribution in [3.05, 3.63) is 52.2 Å². The highest BCUT2D eigenvalue weighted by atomic mass is 32.1. The number of hydrogen-bond acceptors (Lipinski definition) is 4. The van der Waals surface area contributed by atoms with Crippen LogP contribution in [-0.2, 0) is 6.54 Å². The van der Waals surface area contributed by atoms with Crippen LogP contribution < -0.4 is 5.32 Å². The minimum Gasteiger partial charge on any atom is -0.394 e. The standard InChI is InChI=1S/C17H20N2O2S/c20-12-15-6-2-8-19(15)17(21)13-4-1-5-14(10-13)18-11-16-7-3-9-22-16/h1,3-5,7,9-10,15,18,20H,2,6,8,11-12H2/t15-/m0/s1. The number of anilines is 1. The largest absolute Gasteiger partial charge is 0.394 e. The second-order valence-corrected chi connectivity index (χ2v) is 6.52. The van der Waals surface area contributed by atoms with Gasteiger partial charge in [-0.05, 0) is 42.5 Å². The lowest BCUT2D eigenvalue weighted by Crippen LogP contribution is -2.37. The molecule has 1 fully saturated rings. The summed E-state index contributed by atoms with van der Waals surface area (Å²) in [6.07, 6.45) is 1.85. The summed E-state index contributed by atoms with van der Waals surface area (Å²) in [4.78, 5) is 15.6. The van der Waals surface area contributed by atoms with E-state index in [4.69, 9.17) is 0 Å². The third kappa shape index (κ3) is 3.31. The summed E-state index contributed by atoms with van der Waals surface area (Å²) < 4.78 is 0. The van der Waals surface area contributed by atoms with Crippen LogP contribution in [0.15, 0.2) is 41.8 Å². The Morgan fingerprint density at radius 1 is 1.36 bits per heavy atom. The van der Waals surface area contributed by atoms with Gasteiger partial charge in [-0.1, -0.05) is 12.1 Å². The zero-order chi connectivity index (χ0) is 15.4. The fraction of sp³-hybridized carbons (Fsp3) is 0.353. The van der Waals surface area contributed by atoms with Crippen LogP contribution >= 0.6 is 11.3 Å². The second-order valence-electron chi connectivity index (χ2n) is 5.49. The van der Waals surface area contributed by atoms with Gasteiger partial charge in [-0.25, -0.2) is 0 Å². The van der Waals surface area contributed by atoms with Crippen LogP contribution in [0.25, 0.3) is 0 Å². The number of aliphatic hydroxyl groups is 1. The average molecular weight is 316 g/mol. The molecule has 1 amide bonds. The Morgan fingerprint density at radius 3 is 3.05 bits per heavy atom. The van der Waals surface area contributed by atoms with E-state index in [0.29, 0.717) is 5.56 Å². The summed E-state index contributed by atoms with van der Waals surface area (Å²) in [5, 5.41) is 14.8. The van der Waals surface area contributed by atoms with Gasteiger partial charge in [-0.15, -0.1) is 11.3 Å². The van der Waals surface area contributed by atoms with E-state index >= 15 is 0 Å². The van der Waals surface area contributed by atoms with Crippen molar-refractivity contribution >= 4 is 22.9 Å². The number of amides is 1. The lowest BCUT2D eigenvalue weighted by Gasteiger charge is -2.23. The maximum absolute atomic E-state index is 12.6. The molecule has 4 nitrogen and oxygen atoms in total. The highest BCUT2D eigenvalue weighted by Crippen LogP contribution is 2.21. The summed E-state index contributed by atoms with van der Waals surface area (Å²) >= 11 is 1.71. The summed E-state index contributed by atoms with van der Waals surface area (Å²) in [7, 11) is 0. The molecule has 2 aromatic rings. The Labute approximate surface area is 134 Å². The number of carbonyl (C=O) groups is 1. The van der Waals surface area contributed by atoms with Crippen LogP contribution in [0, 0.1) is 0 Å². The summed E-state index contributed by atoms with van der Waals surface area (Å²) in [6.45, 7) is 1.54. The second kappa shape index (κ2) is 6.94. The highest BCUT2D eigenvalue weighted by molar-refractivity contribution is 7.09. The number of carbonyl (C=O) groups excluding carboxylic acids is 1. The molecular weight excluding hydrogens is 296 g/mol. The Hall–Kier alpha value is -1.85. The third-order valence-corrected chi connectivity index (χ3v) is 4.88. The molecule has 22 heavy (non-hydrogen) atoms. The van der Waals surface area contributed by atoms with Gasteiger partial charge in [0.1, 0.15) is 0 Å². The first-order valence-corrected chi connectivity index (χ1v) is 8.44. The minimum absolute atomic E-state index is 0.0105. The molecule has 1 aliphatic rings. The van der Waals surface area contributed by atoms with Gasteiger partial charge < -0.3 is 15.3 Å². The van der Waals surface area contributed by atoms with Gasteiger partial charge in [-0.3, -0.25) is 4.79 Å². The van der Waals surface area contributed by atoms with Crippen molar-refractivity contribution in [3.63, 3.8) is 0 Å². The fourth-order valence-corrected chi connectivity index (χ4v) is 3.47. The average Bonchev–Trinajstić information content (AvgIpc) is 3.23. The monoisotopic (exact) mass is 316 g/mol. The highest BCUT2D eigenvalue weighted by Gasteiger charge is 2.28. The van der Waals surface area contributed by atoms with Crippen molar-refractivity contribution in [3.8, 4) is 0 Å². The van der Waals surface area contributed by atoms with E-state index in [1.807, 2.05) is 30.3 Å². The van der Waals surface area contributed by atoms with Gasteiger partial charge in [0.05, 0.1) is 12.6 Å². The van der Waals surface area contributed by atoms with Crippen molar-refractivity contribution in [2.75, 3.05) is 18.5 Å². The molecule has 2 heterocycles. The van der Waals surface area contributed by atoms with Crippen molar-refractivity contribution in [1.82, 2.24) is 4.90 Å². The van der Waals surface area contributed by atoms with E-state index in [2.05, 4.69) is 16.8 Å². The Kier molecular flexibility index (Phi) is 4.75. The Morgan fingerprint density at radius 2 is 2.27 bits per heavy atom. The molecule has 1 aromatic heterocycles. The number of rotatable bonds is 5. The Bertz CT molecular complexity index is 627. The molecule has 0 bridgehead atoms. The smallest absolute Gasteiger partial charge is 0.254 e. The molecule has 3 rings (SSSR count). The van der Waals surface area contributed by atoms with E-state index in [0.717, 1.165) is 31.6 Å². The van der Waals surface area contributed by atoms with Crippen molar-refractivity contribution in [1.29, 1.82) is 0 Å². The molecule has 2 N–H and O–H groups in total. The molecule has 116 valence electrons. The van der Waals surface area contributed by atoms with Crippen LogP contribution in [0.1, 0.15) is 28.1 Å². The third-order valence-electron chi connectivity index (χ3n) is 4.01. The topological polar surface area (TPSA) is 52.6 Å². The normalized spacial score (nSPS) is 17.7. The van der Waals surface area contributed by atoms with Gasteiger partial charge >= 0.3 is 0 Å². The van der Waals surface area contributed by atoms with E-state index < -0.39 is 0 Å². The van der Waals surface area contributed by atoms with E-state index in [9.17, 15) is 9.90 Å². The van der Waals surface area contributed by atoms with Gasteiger partial charge in [-0.2, -0.15) is 0 Å². The van der Waals surface area contributed by atoms with Gasteiger partial charge in [0.15, 0.2) is 0 Å². The molecule has 1 aromatic carbocycles. The van der Waals surface area contributed by atoms with E-state index in [-0.39, 0.29) is 18.6 Å². The molecule has 0 aliphatic carbocycles. The van der Waals surface area contributed by atoms with Crippen LogP contribution in [0.2, 0.25) is 0 Å². The first kappa shape index (κ1) is 15.1. The molecule has 0 radical (unpaired) electrons. The molecule has 1 aliphatic heterocycles. The molecule has 5 heteroatoms. The lowest BCUT2D eigenvalue weighted by molar-refractivity contribution is 0.0677. The zero-order valence-electron chi connectivity index (χ0n) is 12.4. The molecular formula is C17H20N2O2S. The predicted molar refractivity (Wildman–Crippen MR) is 89.2 cm³/mol. The van der Waals surface area contributed by atoms with Gasteiger partial charge in [0.25, 0.3) is 5.91 Å².